The predicted molar refractivity (Wildman–Crippen MR) is 132 cm³/mol. The smallest absolute Gasteiger partial charge is 0.344 e. The number of aliphatic carboxylic acids is 1. The molecule has 4 rings (SSSR count). The molecule has 0 aliphatic heterocycles. The molecule has 8 nitrogen and oxygen atoms in total. The molecule has 0 saturated heterocycles. The fourth-order valence-corrected chi connectivity index (χ4v) is 3.55. The Bertz CT molecular complexity index is 1220. The molecule has 182 valence electrons. The van der Waals surface area contributed by atoms with Gasteiger partial charge in [0.05, 0.1) is 13.7 Å². The molecule has 1 heterocycles. The number of nitrogens with zero attached hydrogens (tertiary/aromatic N) is 2. The number of oxazole rings is 1. The summed E-state index contributed by atoms with van der Waals surface area (Å²) in [7, 11) is 1.63. The molecule has 0 unspecified atom stereocenters. The van der Waals surface area contributed by atoms with Crippen LogP contribution in [0.15, 0.2) is 77.2 Å². The van der Waals surface area contributed by atoms with Gasteiger partial charge >= 0.3 is 5.97 Å². The summed E-state index contributed by atoms with van der Waals surface area (Å²) in [5.41, 5.74) is 2.45. The van der Waals surface area contributed by atoms with Crippen LogP contribution >= 0.6 is 0 Å². The maximum absolute atomic E-state index is 11.1. The highest BCUT2D eigenvalue weighted by molar-refractivity contribution is 5.74. The predicted octanol–water partition coefficient (Wildman–Crippen LogP) is 5.16. The van der Waals surface area contributed by atoms with E-state index in [1.54, 1.807) is 13.2 Å². The number of benzene rings is 3. The minimum atomic E-state index is -1.01. The Hall–Kier alpha value is -4.20. The molecule has 8 heteroatoms. The SMILES string of the molecule is COc1ccc(OCCCN(Cc2cccc(O[C@H](C)C(=O)O)c2)c2nc3ccccc3o2)cc1. The first-order valence-electron chi connectivity index (χ1n) is 11.4. The van der Waals surface area contributed by atoms with E-state index < -0.39 is 12.1 Å². The number of carboxylic acid groups (broad SMARTS) is 1. The number of rotatable bonds is 12. The average Bonchev–Trinajstić information content (AvgIpc) is 3.30. The van der Waals surface area contributed by atoms with Gasteiger partial charge in [-0.2, -0.15) is 4.98 Å². The summed E-state index contributed by atoms with van der Waals surface area (Å²) < 4.78 is 22.6. The van der Waals surface area contributed by atoms with Crippen molar-refractivity contribution >= 4 is 23.1 Å². The van der Waals surface area contributed by atoms with Gasteiger partial charge in [-0.25, -0.2) is 4.79 Å². The Balaban J connectivity index is 1.45. The highest BCUT2D eigenvalue weighted by Gasteiger charge is 2.16. The number of methoxy groups -OCH3 is 1. The molecule has 1 aromatic heterocycles. The lowest BCUT2D eigenvalue weighted by atomic mass is 10.2. The summed E-state index contributed by atoms with van der Waals surface area (Å²) in [6, 6.07) is 23.0. The first-order chi connectivity index (χ1) is 17.0. The van der Waals surface area contributed by atoms with E-state index in [2.05, 4.69) is 4.98 Å². The molecular formula is C27H28N2O6. The van der Waals surface area contributed by atoms with Crippen molar-refractivity contribution in [2.75, 3.05) is 25.2 Å². The van der Waals surface area contributed by atoms with Crippen LogP contribution < -0.4 is 19.1 Å². The van der Waals surface area contributed by atoms with Crippen molar-refractivity contribution < 1.29 is 28.5 Å². The maximum atomic E-state index is 11.1. The van der Waals surface area contributed by atoms with Gasteiger partial charge in [0.25, 0.3) is 6.01 Å². The van der Waals surface area contributed by atoms with Crippen LogP contribution in [0.1, 0.15) is 18.9 Å². The van der Waals surface area contributed by atoms with Gasteiger partial charge in [0, 0.05) is 13.1 Å². The summed E-state index contributed by atoms with van der Waals surface area (Å²) in [4.78, 5) is 17.8. The molecular weight excluding hydrogens is 448 g/mol. The van der Waals surface area contributed by atoms with Crippen LogP contribution in [0.5, 0.6) is 17.2 Å². The average molecular weight is 477 g/mol. The van der Waals surface area contributed by atoms with E-state index in [1.807, 2.05) is 71.6 Å². The summed E-state index contributed by atoms with van der Waals surface area (Å²) >= 11 is 0. The van der Waals surface area contributed by atoms with Crippen molar-refractivity contribution in [3.63, 3.8) is 0 Å². The molecule has 0 saturated carbocycles. The molecule has 0 amide bonds. The maximum Gasteiger partial charge on any atom is 0.344 e. The van der Waals surface area contributed by atoms with Crippen LogP contribution in [-0.4, -0.2) is 42.4 Å². The Kier molecular flexibility index (Phi) is 7.72. The minimum Gasteiger partial charge on any atom is -0.497 e. The summed E-state index contributed by atoms with van der Waals surface area (Å²) in [6.07, 6.45) is -0.203. The van der Waals surface area contributed by atoms with E-state index >= 15 is 0 Å². The standard InChI is InChI=1S/C27H28N2O6/c1-19(26(30)31)34-23-8-5-7-20(17-23)18-29(27-28-24-9-3-4-10-25(24)35-27)15-6-16-33-22-13-11-21(32-2)12-14-22/h3-5,7-14,17,19H,6,15-16,18H2,1-2H3,(H,30,31)/t19-/m1/s1. The zero-order valence-corrected chi connectivity index (χ0v) is 19.7. The van der Waals surface area contributed by atoms with Crippen LogP contribution in [0.3, 0.4) is 0 Å². The van der Waals surface area contributed by atoms with Crippen molar-refractivity contribution in [2.45, 2.75) is 26.0 Å². The zero-order valence-electron chi connectivity index (χ0n) is 19.7. The van der Waals surface area contributed by atoms with Crippen molar-refractivity contribution in [1.82, 2.24) is 4.98 Å². The van der Waals surface area contributed by atoms with Gasteiger partial charge in [-0.3, -0.25) is 0 Å². The highest BCUT2D eigenvalue weighted by atomic mass is 16.5. The van der Waals surface area contributed by atoms with Gasteiger partial charge in [0.15, 0.2) is 11.7 Å². The lowest BCUT2D eigenvalue weighted by molar-refractivity contribution is -0.144. The van der Waals surface area contributed by atoms with Crippen LogP contribution in [-0.2, 0) is 11.3 Å². The Morgan fingerprint density at radius 2 is 1.80 bits per heavy atom. The lowest BCUT2D eigenvalue weighted by Crippen LogP contribution is -2.26. The molecule has 35 heavy (non-hydrogen) atoms. The number of carboxylic acids is 1. The van der Waals surface area contributed by atoms with Crippen LogP contribution in [0.25, 0.3) is 11.1 Å². The summed E-state index contributed by atoms with van der Waals surface area (Å²) in [5, 5.41) is 9.13. The van der Waals surface area contributed by atoms with Crippen LogP contribution in [0, 0.1) is 0 Å². The van der Waals surface area contributed by atoms with E-state index in [4.69, 9.17) is 23.7 Å². The second-order valence-corrected chi connectivity index (χ2v) is 8.01. The number of carbonyl (C=O) groups is 1. The van der Waals surface area contributed by atoms with E-state index in [9.17, 15) is 4.79 Å². The van der Waals surface area contributed by atoms with Crippen molar-refractivity contribution in [2.24, 2.45) is 0 Å². The monoisotopic (exact) mass is 476 g/mol. The van der Waals surface area contributed by atoms with E-state index in [0.717, 1.165) is 29.0 Å². The summed E-state index contributed by atoms with van der Waals surface area (Å²) in [5.74, 6) is 1.04. The fourth-order valence-electron chi connectivity index (χ4n) is 3.55. The minimum absolute atomic E-state index is 0.498. The second kappa shape index (κ2) is 11.3. The largest absolute Gasteiger partial charge is 0.497 e. The van der Waals surface area contributed by atoms with Crippen molar-refractivity contribution in [1.29, 1.82) is 0 Å². The first-order valence-corrected chi connectivity index (χ1v) is 11.4. The molecule has 4 aromatic rings. The third-order valence-corrected chi connectivity index (χ3v) is 5.39. The number of hydrogen-bond donors (Lipinski definition) is 1. The molecule has 0 aliphatic rings. The normalized spacial score (nSPS) is 11.7. The van der Waals surface area contributed by atoms with Crippen molar-refractivity contribution in [3.05, 3.63) is 78.4 Å². The Morgan fingerprint density at radius 1 is 1.03 bits per heavy atom. The van der Waals surface area contributed by atoms with Gasteiger partial charge in [-0.15, -0.1) is 0 Å². The second-order valence-electron chi connectivity index (χ2n) is 8.01. The number of para-hydroxylation sites is 2. The number of aromatic nitrogens is 1. The lowest BCUT2D eigenvalue weighted by Gasteiger charge is -2.21. The molecule has 0 aliphatic carbocycles. The van der Waals surface area contributed by atoms with Gasteiger partial charge < -0.3 is 28.6 Å². The molecule has 0 spiro atoms. The van der Waals surface area contributed by atoms with Crippen LogP contribution in [0.4, 0.5) is 6.01 Å². The Labute approximate surface area is 203 Å². The van der Waals surface area contributed by atoms with Gasteiger partial charge in [-0.05, 0) is 67.4 Å². The van der Waals surface area contributed by atoms with E-state index in [0.29, 0.717) is 37.0 Å². The van der Waals surface area contributed by atoms with Crippen LogP contribution in [0.2, 0.25) is 0 Å². The number of anilines is 1. The van der Waals surface area contributed by atoms with Crippen molar-refractivity contribution in [3.8, 4) is 17.2 Å². The third-order valence-electron chi connectivity index (χ3n) is 5.39. The molecule has 0 radical (unpaired) electrons. The topological polar surface area (TPSA) is 94.3 Å². The summed E-state index contributed by atoms with van der Waals surface area (Å²) in [6.45, 7) is 3.17. The quantitative estimate of drug-likeness (QED) is 0.280. The zero-order chi connectivity index (χ0) is 24.6. The molecule has 0 bridgehead atoms. The van der Waals surface area contributed by atoms with Gasteiger partial charge in [-0.1, -0.05) is 24.3 Å². The Morgan fingerprint density at radius 3 is 2.54 bits per heavy atom. The number of fused-ring (bicyclic) bond motifs is 1. The van der Waals surface area contributed by atoms with E-state index in [-0.39, 0.29) is 0 Å². The first kappa shape index (κ1) is 23.9. The number of ether oxygens (including phenoxy) is 3. The molecule has 0 fully saturated rings. The number of hydrogen-bond acceptors (Lipinski definition) is 7. The highest BCUT2D eigenvalue weighted by Crippen LogP contribution is 2.25. The molecule has 1 atom stereocenters. The molecule has 3 aromatic carbocycles. The van der Waals surface area contributed by atoms with E-state index in [1.165, 1.54) is 6.92 Å². The third kappa shape index (κ3) is 6.44. The fraction of sp³-hybridized carbons (Fsp3) is 0.259. The van der Waals surface area contributed by atoms with Gasteiger partial charge in [0.2, 0.25) is 0 Å². The molecule has 1 N–H and O–H groups in total. The van der Waals surface area contributed by atoms with Gasteiger partial charge in [0.1, 0.15) is 22.8 Å².